The molecule has 0 aliphatic rings. The van der Waals surface area contributed by atoms with Crippen molar-refractivity contribution >= 4 is 17.8 Å². The fourth-order valence-electron chi connectivity index (χ4n) is 4.15. The van der Waals surface area contributed by atoms with E-state index in [1.54, 1.807) is 24.3 Å². The van der Waals surface area contributed by atoms with Crippen LogP contribution < -0.4 is 4.74 Å². The number of aromatic carboxylic acids is 1. The van der Waals surface area contributed by atoms with Crippen molar-refractivity contribution in [2.75, 3.05) is 6.61 Å². The summed E-state index contributed by atoms with van der Waals surface area (Å²) in [5.41, 5.74) is 5.20. The minimum atomic E-state index is -0.977. The predicted octanol–water partition coefficient (Wildman–Crippen LogP) is 7.59. The molecule has 35 heavy (non-hydrogen) atoms. The summed E-state index contributed by atoms with van der Waals surface area (Å²) >= 11 is 0. The number of ether oxygens (including phenoxy) is 1. The molecule has 1 N–H and O–H groups in total. The molecule has 0 aromatic heterocycles. The molecule has 0 spiro atoms. The lowest BCUT2D eigenvalue weighted by atomic mass is 9.79. The fourth-order valence-corrected chi connectivity index (χ4v) is 4.15. The average Bonchev–Trinajstić information content (AvgIpc) is 2.81. The largest absolute Gasteiger partial charge is 0.492 e. The molecule has 0 bridgehead atoms. The molecule has 0 radical (unpaired) electrons. The van der Waals surface area contributed by atoms with Gasteiger partial charge in [0.25, 0.3) is 0 Å². The second-order valence-corrected chi connectivity index (χ2v) is 10.2. The van der Waals surface area contributed by atoms with Crippen molar-refractivity contribution in [3.05, 3.63) is 94.6 Å². The highest BCUT2D eigenvalue weighted by molar-refractivity contribution is 6.09. The van der Waals surface area contributed by atoms with Crippen LogP contribution in [0.15, 0.2) is 66.7 Å². The third-order valence-electron chi connectivity index (χ3n) is 5.79. The highest BCUT2D eigenvalue weighted by Crippen LogP contribution is 2.43. The van der Waals surface area contributed by atoms with Gasteiger partial charge in [-0.3, -0.25) is 4.79 Å². The Balaban J connectivity index is 2.13. The van der Waals surface area contributed by atoms with Gasteiger partial charge in [0.1, 0.15) is 5.75 Å². The molecule has 3 rings (SSSR count). The van der Waals surface area contributed by atoms with E-state index in [1.165, 1.54) is 12.1 Å². The number of carbonyl (C=O) groups excluding carboxylic acids is 1. The predicted molar refractivity (Wildman–Crippen MR) is 142 cm³/mol. The van der Waals surface area contributed by atoms with Crippen LogP contribution in [0.25, 0.3) is 17.2 Å². The van der Waals surface area contributed by atoms with E-state index in [1.807, 2.05) is 43.3 Å². The summed E-state index contributed by atoms with van der Waals surface area (Å²) in [6.07, 6.45) is 3.27. The number of carboxylic acids is 1. The van der Waals surface area contributed by atoms with Gasteiger partial charge in [0, 0.05) is 16.7 Å². The van der Waals surface area contributed by atoms with Crippen molar-refractivity contribution in [2.45, 2.75) is 47.0 Å². The second kappa shape index (κ2) is 10.7. The molecule has 0 heterocycles. The van der Waals surface area contributed by atoms with Crippen LogP contribution in [-0.2, 0) is 5.41 Å². The first-order valence-corrected chi connectivity index (χ1v) is 11.9. The minimum absolute atomic E-state index is 0.108. The van der Waals surface area contributed by atoms with Crippen LogP contribution in [0.4, 0.5) is 0 Å². The first kappa shape index (κ1) is 26.0. The van der Waals surface area contributed by atoms with Crippen molar-refractivity contribution in [1.82, 2.24) is 0 Å². The Hall–Kier alpha value is -3.66. The first-order chi connectivity index (χ1) is 16.5. The highest BCUT2D eigenvalue weighted by Gasteiger charge is 2.28. The zero-order chi connectivity index (χ0) is 25.8. The average molecular weight is 471 g/mol. The van der Waals surface area contributed by atoms with Crippen LogP contribution in [0.3, 0.4) is 0 Å². The van der Waals surface area contributed by atoms with Crippen molar-refractivity contribution in [3.63, 3.8) is 0 Å². The number of hydrogen-bond donors (Lipinski definition) is 1. The Morgan fingerprint density at radius 3 is 2.17 bits per heavy atom. The lowest BCUT2D eigenvalue weighted by molar-refractivity contribution is 0.0696. The molecule has 3 aromatic carbocycles. The third-order valence-corrected chi connectivity index (χ3v) is 5.79. The minimum Gasteiger partial charge on any atom is -0.492 e. The van der Waals surface area contributed by atoms with E-state index in [0.717, 1.165) is 33.6 Å². The highest BCUT2D eigenvalue weighted by atomic mass is 16.5. The van der Waals surface area contributed by atoms with Crippen LogP contribution in [0.5, 0.6) is 5.75 Å². The van der Waals surface area contributed by atoms with Crippen LogP contribution in [0, 0.1) is 12.8 Å². The van der Waals surface area contributed by atoms with Crippen molar-refractivity contribution in [3.8, 4) is 16.9 Å². The number of ketones is 1. The van der Waals surface area contributed by atoms with E-state index >= 15 is 0 Å². The smallest absolute Gasteiger partial charge is 0.335 e. The maximum Gasteiger partial charge on any atom is 0.335 e. The summed E-state index contributed by atoms with van der Waals surface area (Å²) in [6, 6.07) is 18.4. The lowest BCUT2D eigenvalue weighted by Gasteiger charge is -2.29. The second-order valence-electron chi connectivity index (χ2n) is 10.2. The Morgan fingerprint density at radius 1 is 1.00 bits per heavy atom. The third kappa shape index (κ3) is 6.27. The van der Waals surface area contributed by atoms with Gasteiger partial charge in [0.2, 0.25) is 0 Å². The molecule has 3 aromatic rings. The van der Waals surface area contributed by atoms with E-state index in [0.29, 0.717) is 18.1 Å². The summed E-state index contributed by atoms with van der Waals surface area (Å²) in [6.45, 7) is 13.2. The van der Waals surface area contributed by atoms with E-state index in [-0.39, 0.29) is 16.8 Å². The Bertz CT molecular complexity index is 1230. The molecule has 182 valence electrons. The van der Waals surface area contributed by atoms with Gasteiger partial charge in [-0.15, -0.1) is 0 Å². The lowest BCUT2D eigenvalue weighted by Crippen LogP contribution is -2.19. The van der Waals surface area contributed by atoms with Gasteiger partial charge in [-0.1, -0.05) is 83.2 Å². The van der Waals surface area contributed by atoms with E-state index in [9.17, 15) is 9.59 Å². The number of carbonyl (C=O) groups is 2. The number of benzene rings is 3. The topological polar surface area (TPSA) is 63.6 Å². The zero-order valence-corrected chi connectivity index (χ0v) is 21.4. The summed E-state index contributed by atoms with van der Waals surface area (Å²) in [5, 5.41) is 9.09. The standard InChI is InChI=1S/C31H34O4/c1-20(2)19-35-29-26(23-10-8-7-9-11-23)18-25(21(3)28(29)31(4,5)6)27(32)17-14-22-12-15-24(16-13-22)30(33)34/h7-18,20H,19H2,1-6H3,(H,33,34). The van der Waals surface area contributed by atoms with E-state index in [2.05, 4.69) is 34.6 Å². The van der Waals surface area contributed by atoms with Gasteiger partial charge in [0.05, 0.1) is 12.2 Å². The number of hydrogen-bond acceptors (Lipinski definition) is 3. The molecule has 0 aliphatic carbocycles. The summed E-state index contributed by atoms with van der Waals surface area (Å²) in [7, 11) is 0. The zero-order valence-electron chi connectivity index (χ0n) is 21.4. The van der Waals surface area contributed by atoms with E-state index < -0.39 is 5.97 Å². The van der Waals surface area contributed by atoms with Gasteiger partial charge in [-0.05, 0) is 59.2 Å². The SMILES string of the molecule is Cc1c(C(=O)C=Cc2ccc(C(=O)O)cc2)cc(-c2ccccc2)c(OCC(C)C)c1C(C)(C)C. The molecule has 4 nitrogen and oxygen atoms in total. The summed E-state index contributed by atoms with van der Waals surface area (Å²) in [5.74, 6) is 0.112. The number of allylic oxidation sites excluding steroid dienone is 1. The number of rotatable bonds is 8. The van der Waals surface area contributed by atoms with Gasteiger partial charge < -0.3 is 9.84 Å². The summed E-state index contributed by atoms with van der Waals surface area (Å²) < 4.78 is 6.41. The van der Waals surface area contributed by atoms with Crippen molar-refractivity contribution in [1.29, 1.82) is 0 Å². The maximum atomic E-state index is 13.4. The van der Waals surface area contributed by atoms with Gasteiger partial charge >= 0.3 is 5.97 Å². The molecule has 0 saturated carbocycles. The monoisotopic (exact) mass is 470 g/mol. The van der Waals surface area contributed by atoms with Crippen LogP contribution in [0.1, 0.15) is 72.0 Å². The molecular weight excluding hydrogens is 436 g/mol. The van der Waals surface area contributed by atoms with Crippen LogP contribution in [-0.4, -0.2) is 23.5 Å². The van der Waals surface area contributed by atoms with E-state index in [4.69, 9.17) is 9.84 Å². The van der Waals surface area contributed by atoms with Gasteiger partial charge in [-0.2, -0.15) is 0 Å². The van der Waals surface area contributed by atoms with Gasteiger partial charge in [-0.25, -0.2) is 4.79 Å². The molecule has 4 heteroatoms. The molecule has 0 aliphatic heterocycles. The Kier molecular flexibility index (Phi) is 7.96. The molecule has 0 fully saturated rings. The molecule has 0 atom stereocenters. The molecule has 0 saturated heterocycles. The molecule has 0 unspecified atom stereocenters. The fraction of sp³-hybridized carbons (Fsp3) is 0.290. The molecular formula is C31H34O4. The molecule has 0 amide bonds. The van der Waals surface area contributed by atoms with Crippen LogP contribution >= 0.6 is 0 Å². The maximum absolute atomic E-state index is 13.4. The first-order valence-electron chi connectivity index (χ1n) is 11.9. The van der Waals surface area contributed by atoms with Crippen LogP contribution in [0.2, 0.25) is 0 Å². The Morgan fingerprint density at radius 2 is 1.63 bits per heavy atom. The normalized spacial score (nSPS) is 11.7. The van der Waals surface area contributed by atoms with Gasteiger partial charge in [0.15, 0.2) is 5.78 Å². The number of carboxylic acid groups (broad SMARTS) is 1. The summed E-state index contributed by atoms with van der Waals surface area (Å²) in [4.78, 5) is 24.5. The Labute approximate surface area is 208 Å². The van der Waals surface area contributed by atoms with Crippen molar-refractivity contribution in [2.24, 2.45) is 5.92 Å². The van der Waals surface area contributed by atoms with Crippen molar-refractivity contribution < 1.29 is 19.4 Å². The quantitative estimate of drug-likeness (QED) is 0.272.